The molecule has 0 aliphatic carbocycles. The Balaban J connectivity index is 1.63. The molecular weight excluding hydrogens is 454 g/mol. The van der Waals surface area contributed by atoms with Crippen LogP contribution >= 0.6 is 11.8 Å². The molecule has 2 atom stereocenters. The number of benzene rings is 5. The lowest BCUT2D eigenvalue weighted by molar-refractivity contribution is 0.172. The van der Waals surface area contributed by atoms with Crippen LogP contribution in [0.1, 0.15) is 39.2 Å². The van der Waals surface area contributed by atoms with Crippen LogP contribution in [0.4, 0.5) is 0 Å². The molecule has 1 aliphatic heterocycles. The van der Waals surface area contributed by atoms with Crippen molar-refractivity contribution in [3.63, 3.8) is 0 Å². The molecule has 6 rings (SSSR count). The molecule has 36 heavy (non-hydrogen) atoms. The van der Waals surface area contributed by atoms with E-state index in [1.165, 1.54) is 27.8 Å². The third kappa shape index (κ3) is 4.17. The van der Waals surface area contributed by atoms with E-state index in [0.29, 0.717) is 0 Å². The SMILES string of the molecule is c1ccc(CN2[C@@H](c3ccccc3)C(c3ccccc3)(c3ccccc3)S[C@H]2c2ccccc2)cc1. The molecule has 0 unspecified atom stereocenters. The predicted molar refractivity (Wildman–Crippen MR) is 152 cm³/mol. The van der Waals surface area contributed by atoms with E-state index in [0.717, 1.165) is 6.54 Å². The number of nitrogens with zero attached hydrogens (tertiary/aromatic N) is 1. The second-order valence-electron chi connectivity index (χ2n) is 9.32. The van der Waals surface area contributed by atoms with Crippen molar-refractivity contribution in [1.29, 1.82) is 0 Å². The Hall–Kier alpha value is -3.59. The summed E-state index contributed by atoms with van der Waals surface area (Å²) in [4.78, 5) is 2.71. The predicted octanol–water partition coefficient (Wildman–Crippen LogP) is 8.62. The minimum absolute atomic E-state index is 0.138. The van der Waals surface area contributed by atoms with Gasteiger partial charge in [0.1, 0.15) is 0 Å². The van der Waals surface area contributed by atoms with Crippen molar-refractivity contribution in [3.8, 4) is 0 Å². The van der Waals surface area contributed by atoms with Gasteiger partial charge in [-0.1, -0.05) is 152 Å². The standard InChI is InChI=1S/C34H29NS/c1-6-16-27(17-7-1)26-35-32(28-18-8-2-9-19-28)34(30-22-12-4-13-23-30,31-24-14-5-15-25-31)36-33(35)29-20-10-3-11-21-29/h1-25,32-33H,26H2/t32-,33-/m0/s1. The second-order valence-corrected chi connectivity index (χ2v) is 10.6. The van der Waals surface area contributed by atoms with Crippen LogP contribution in [0.5, 0.6) is 0 Å². The molecule has 0 saturated carbocycles. The third-order valence-electron chi connectivity index (χ3n) is 7.13. The van der Waals surface area contributed by atoms with Gasteiger partial charge in [0, 0.05) is 6.54 Å². The Kier molecular flexibility index (Phi) is 6.46. The largest absolute Gasteiger partial charge is 0.274 e. The van der Waals surface area contributed by atoms with Crippen molar-refractivity contribution in [2.24, 2.45) is 0 Å². The number of hydrogen-bond donors (Lipinski definition) is 0. The molecule has 5 aromatic carbocycles. The molecule has 0 bridgehead atoms. The molecule has 176 valence electrons. The molecule has 1 heterocycles. The maximum absolute atomic E-state index is 2.71. The van der Waals surface area contributed by atoms with Crippen molar-refractivity contribution in [3.05, 3.63) is 179 Å². The van der Waals surface area contributed by atoms with Gasteiger partial charge in [-0.05, 0) is 27.8 Å². The quantitative estimate of drug-likeness (QED) is 0.238. The van der Waals surface area contributed by atoms with Gasteiger partial charge in [-0.25, -0.2) is 0 Å². The summed E-state index contributed by atoms with van der Waals surface area (Å²) in [5, 5.41) is 0.192. The van der Waals surface area contributed by atoms with E-state index in [1.807, 2.05) is 0 Å². The summed E-state index contributed by atoms with van der Waals surface area (Å²) < 4.78 is -0.279. The lowest BCUT2D eigenvalue weighted by Crippen LogP contribution is -2.35. The lowest BCUT2D eigenvalue weighted by atomic mass is 9.79. The highest BCUT2D eigenvalue weighted by atomic mass is 32.2. The smallest absolute Gasteiger partial charge is 0.0873 e. The fraction of sp³-hybridized carbons (Fsp3) is 0.118. The van der Waals surface area contributed by atoms with Crippen molar-refractivity contribution in [2.75, 3.05) is 0 Å². The summed E-state index contributed by atoms with van der Waals surface area (Å²) in [6, 6.07) is 55.3. The average molecular weight is 484 g/mol. The monoisotopic (exact) mass is 483 g/mol. The molecule has 1 fully saturated rings. The van der Waals surface area contributed by atoms with Gasteiger partial charge in [0.2, 0.25) is 0 Å². The summed E-state index contributed by atoms with van der Waals surface area (Å²) in [7, 11) is 0. The first-order valence-electron chi connectivity index (χ1n) is 12.5. The Morgan fingerprint density at radius 1 is 0.500 bits per heavy atom. The van der Waals surface area contributed by atoms with E-state index < -0.39 is 0 Å². The number of rotatable bonds is 6. The first-order chi connectivity index (χ1) is 17.9. The van der Waals surface area contributed by atoms with Crippen LogP contribution in [0, 0.1) is 0 Å². The molecule has 1 nitrogen and oxygen atoms in total. The summed E-state index contributed by atoms with van der Waals surface area (Å²) in [6.07, 6.45) is 0. The maximum Gasteiger partial charge on any atom is 0.0873 e. The van der Waals surface area contributed by atoms with Crippen LogP contribution in [-0.4, -0.2) is 4.90 Å². The van der Waals surface area contributed by atoms with Gasteiger partial charge < -0.3 is 0 Å². The average Bonchev–Trinajstić information content (AvgIpc) is 3.31. The topological polar surface area (TPSA) is 3.24 Å². The first kappa shape index (κ1) is 22.8. The molecule has 1 aliphatic rings. The van der Waals surface area contributed by atoms with Crippen LogP contribution in [0.25, 0.3) is 0 Å². The summed E-state index contributed by atoms with van der Waals surface area (Å²) in [5.74, 6) is 0. The van der Waals surface area contributed by atoms with Gasteiger partial charge in [-0.15, -0.1) is 11.8 Å². The van der Waals surface area contributed by atoms with Crippen molar-refractivity contribution in [1.82, 2.24) is 4.90 Å². The van der Waals surface area contributed by atoms with Gasteiger partial charge in [-0.3, -0.25) is 4.90 Å². The minimum atomic E-state index is -0.279. The second kappa shape index (κ2) is 10.2. The molecule has 0 radical (unpaired) electrons. The molecule has 0 spiro atoms. The molecule has 0 amide bonds. The fourth-order valence-corrected chi connectivity index (χ4v) is 7.50. The van der Waals surface area contributed by atoms with Crippen LogP contribution in [0.3, 0.4) is 0 Å². The zero-order chi connectivity index (χ0) is 24.2. The van der Waals surface area contributed by atoms with E-state index in [2.05, 4.69) is 168 Å². The van der Waals surface area contributed by atoms with E-state index in [1.54, 1.807) is 0 Å². The van der Waals surface area contributed by atoms with Crippen LogP contribution in [0.15, 0.2) is 152 Å². The van der Waals surface area contributed by atoms with Crippen molar-refractivity contribution >= 4 is 11.8 Å². The molecule has 1 saturated heterocycles. The van der Waals surface area contributed by atoms with Gasteiger partial charge in [0.25, 0.3) is 0 Å². The number of hydrogen-bond acceptors (Lipinski definition) is 2. The highest BCUT2D eigenvalue weighted by Crippen LogP contribution is 2.66. The van der Waals surface area contributed by atoms with Crippen molar-refractivity contribution in [2.45, 2.75) is 22.7 Å². The summed E-state index contributed by atoms with van der Waals surface area (Å²) in [6.45, 7) is 0.869. The van der Waals surface area contributed by atoms with E-state index in [9.17, 15) is 0 Å². The minimum Gasteiger partial charge on any atom is -0.274 e. The molecule has 0 aromatic heterocycles. The Bertz CT molecular complexity index is 1330. The third-order valence-corrected chi connectivity index (χ3v) is 8.96. The Morgan fingerprint density at radius 3 is 1.42 bits per heavy atom. The molecule has 5 aromatic rings. The number of thioether (sulfide) groups is 1. The molecule has 0 N–H and O–H groups in total. The van der Waals surface area contributed by atoms with E-state index in [4.69, 9.17) is 0 Å². The summed E-state index contributed by atoms with van der Waals surface area (Å²) in [5.41, 5.74) is 6.69. The molecular formula is C34H29NS. The van der Waals surface area contributed by atoms with Gasteiger partial charge in [0.05, 0.1) is 16.2 Å². The van der Waals surface area contributed by atoms with Gasteiger partial charge >= 0.3 is 0 Å². The lowest BCUT2D eigenvalue weighted by Gasteiger charge is -2.39. The highest BCUT2D eigenvalue weighted by Gasteiger charge is 2.55. The molecule has 2 heteroatoms. The van der Waals surface area contributed by atoms with Crippen LogP contribution in [-0.2, 0) is 11.3 Å². The van der Waals surface area contributed by atoms with Crippen LogP contribution < -0.4 is 0 Å². The zero-order valence-electron chi connectivity index (χ0n) is 20.2. The van der Waals surface area contributed by atoms with Crippen molar-refractivity contribution < 1.29 is 0 Å². The van der Waals surface area contributed by atoms with Crippen LogP contribution in [0.2, 0.25) is 0 Å². The Morgan fingerprint density at radius 2 is 0.917 bits per heavy atom. The zero-order valence-corrected chi connectivity index (χ0v) is 21.0. The van der Waals surface area contributed by atoms with Gasteiger partial charge in [-0.2, -0.15) is 0 Å². The first-order valence-corrected chi connectivity index (χ1v) is 13.4. The highest BCUT2D eigenvalue weighted by molar-refractivity contribution is 8.00. The van der Waals surface area contributed by atoms with E-state index in [-0.39, 0.29) is 16.2 Å². The maximum atomic E-state index is 2.71. The summed E-state index contributed by atoms with van der Waals surface area (Å²) >= 11 is 2.07. The van der Waals surface area contributed by atoms with E-state index >= 15 is 0 Å². The van der Waals surface area contributed by atoms with Gasteiger partial charge in [0.15, 0.2) is 0 Å². The normalized spacial score (nSPS) is 19.2. The fourth-order valence-electron chi connectivity index (χ4n) is 5.57. The Labute approximate surface area is 218 Å².